The average molecular weight is 253 g/mol. The maximum atomic E-state index is 13.1. The van der Waals surface area contributed by atoms with Gasteiger partial charge in [0, 0.05) is 11.8 Å². The maximum absolute atomic E-state index is 13.1. The molecule has 2 nitrogen and oxygen atoms in total. The number of rotatable bonds is 2. The van der Waals surface area contributed by atoms with E-state index < -0.39 is 11.7 Å². The Morgan fingerprint density at radius 1 is 1.06 bits per heavy atom. The molecule has 0 N–H and O–H groups in total. The van der Waals surface area contributed by atoms with Gasteiger partial charge in [-0.3, -0.25) is 4.98 Å². The molecule has 0 atom stereocenters. The first kappa shape index (κ1) is 12.4. The van der Waals surface area contributed by atoms with Gasteiger partial charge in [-0.05, 0) is 5.56 Å². The number of halogens is 3. The molecule has 1 aromatic heterocycles. The summed E-state index contributed by atoms with van der Waals surface area (Å²) in [6, 6.07) is 8.30. The molecule has 1 aromatic carbocycles. The van der Waals surface area contributed by atoms with Gasteiger partial charge < -0.3 is 4.74 Å². The number of ether oxygens (including phenoxy) is 1. The molecule has 5 heteroatoms. The summed E-state index contributed by atoms with van der Waals surface area (Å²) in [7, 11) is 1.20. The first-order valence-corrected chi connectivity index (χ1v) is 5.18. The van der Waals surface area contributed by atoms with Crippen LogP contribution in [0.25, 0.3) is 11.1 Å². The van der Waals surface area contributed by atoms with Gasteiger partial charge in [0.2, 0.25) is 0 Å². The fourth-order valence-corrected chi connectivity index (χ4v) is 1.73. The van der Waals surface area contributed by atoms with Crippen LogP contribution in [-0.4, -0.2) is 12.1 Å². The SMILES string of the molecule is COc1cncc(-c2ccccc2)c1C(F)(F)F. The minimum Gasteiger partial charge on any atom is -0.494 e. The molecule has 0 spiro atoms. The Bertz CT molecular complexity index is 538. The zero-order valence-electron chi connectivity index (χ0n) is 9.53. The Kier molecular flexibility index (Phi) is 3.23. The summed E-state index contributed by atoms with van der Waals surface area (Å²) in [6.07, 6.45) is -2.23. The zero-order valence-corrected chi connectivity index (χ0v) is 9.53. The van der Waals surface area contributed by atoms with Gasteiger partial charge in [-0.2, -0.15) is 13.2 Å². The van der Waals surface area contributed by atoms with Crippen molar-refractivity contribution in [2.24, 2.45) is 0 Å². The number of benzene rings is 1. The summed E-state index contributed by atoms with van der Waals surface area (Å²) < 4.78 is 44.0. The molecular weight excluding hydrogens is 243 g/mol. The number of pyridine rings is 1. The van der Waals surface area contributed by atoms with E-state index in [0.717, 1.165) is 6.20 Å². The number of nitrogens with zero attached hydrogens (tertiary/aromatic N) is 1. The molecule has 94 valence electrons. The van der Waals surface area contributed by atoms with Gasteiger partial charge in [0.1, 0.15) is 11.3 Å². The molecule has 0 aliphatic rings. The second kappa shape index (κ2) is 4.68. The van der Waals surface area contributed by atoms with Crippen LogP contribution < -0.4 is 4.74 Å². The van der Waals surface area contributed by atoms with Crippen molar-refractivity contribution in [3.05, 3.63) is 48.3 Å². The molecule has 0 aliphatic carbocycles. The minimum absolute atomic E-state index is 0.0162. The topological polar surface area (TPSA) is 22.1 Å². The van der Waals surface area contributed by atoms with E-state index in [1.165, 1.54) is 13.3 Å². The second-order valence-corrected chi connectivity index (χ2v) is 3.63. The number of hydrogen-bond acceptors (Lipinski definition) is 2. The average Bonchev–Trinajstić information content (AvgIpc) is 2.38. The zero-order chi connectivity index (χ0) is 13.2. The van der Waals surface area contributed by atoms with Crippen LogP contribution in [0.4, 0.5) is 13.2 Å². The third-order valence-corrected chi connectivity index (χ3v) is 2.50. The van der Waals surface area contributed by atoms with E-state index in [0.29, 0.717) is 5.56 Å². The predicted molar refractivity (Wildman–Crippen MR) is 61.2 cm³/mol. The van der Waals surface area contributed by atoms with Gasteiger partial charge in [0.05, 0.1) is 13.3 Å². The van der Waals surface area contributed by atoms with Crippen molar-refractivity contribution in [1.82, 2.24) is 4.98 Å². The van der Waals surface area contributed by atoms with Crippen LogP contribution in [0.1, 0.15) is 5.56 Å². The number of alkyl halides is 3. The van der Waals surface area contributed by atoms with E-state index in [1.54, 1.807) is 30.3 Å². The lowest BCUT2D eigenvalue weighted by molar-refractivity contribution is -0.138. The van der Waals surface area contributed by atoms with Gasteiger partial charge in [0.25, 0.3) is 0 Å². The van der Waals surface area contributed by atoms with Gasteiger partial charge in [-0.25, -0.2) is 0 Å². The van der Waals surface area contributed by atoms with Crippen molar-refractivity contribution in [1.29, 1.82) is 0 Å². The van der Waals surface area contributed by atoms with Gasteiger partial charge in [0.15, 0.2) is 0 Å². The third-order valence-electron chi connectivity index (χ3n) is 2.50. The Morgan fingerprint density at radius 2 is 1.72 bits per heavy atom. The number of aromatic nitrogens is 1. The number of methoxy groups -OCH3 is 1. The molecule has 0 aliphatic heterocycles. The quantitative estimate of drug-likeness (QED) is 0.812. The summed E-state index contributed by atoms with van der Waals surface area (Å²) in [5, 5.41) is 0. The largest absolute Gasteiger partial charge is 0.494 e. The third kappa shape index (κ3) is 2.30. The lowest BCUT2D eigenvalue weighted by atomic mass is 10.0. The van der Waals surface area contributed by atoms with E-state index in [4.69, 9.17) is 4.74 Å². The second-order valence-electron chi connectivity index (χ2n) is 3.63. The van der Waals surface area contributed by atoms with Crippen molar-refractivity contribution in [3.8, 4) is 16.9 Å². The Balaban J connectivity index is 2.68. The Hall–Kier alpha value is -2.04. The molecule has 2 rings (SSSR count). The molecule has 0 saturated heterocycles. The van der Waals surface area contributed by atoms with Crippen LogP contribution in [0.3, 0.4) is 0 Å². The minimum atomic E-state index is -4.49. The van der Waals surface area contributed by atoms with E-state index in [2.05, 4.69) is 4.98 Å². The monoisotopic (exact) mass is 253 g/mol. The van der Waals surface area contributed by atoms with Gasteiger partial charge >= 0.3 is 6.18 Å². The molecule has 0 saturated carbocycles. The van der Waals surface area contributed by atoms with Crippen LogP contribution >= 0.6 is 0 Å². The summed E-state index contributed by atoms with van der Waals surface area (Å²) in [5.74, 6) is -0.274. The lowest BCUT2D eigenvalue weighted by Crippen LogP contribution is -2.10. The fraction of sp³-hybridized carbons (Fsp3) is 0.154. The molecule has 0 bridgehead atoms. The number of hydrogen-bond donors (Lipinski definition) is 0. The van der Waals surface area contributed by atoms with Crippen LogP contribution in [-0.2, 0) is 6.18 Å². The Morgan fingerprint density at radius 3 is 2.28 bits per heavy atom. The van der Waals surface area contributed by atoms with Crippen molar-refractivity contribution in [3.63, 3.8) is 0 Å². The van der Waals surface area contributed by atoms with Gasteiger partial charge in [-0.15, -0.1) is 0 Å². The predicted octanol–water partition coefficient (Wildman–Crippen LogP) is 3.78. The molecule has 2 aromatic rings. The van der Waals surface area contributed by atoms with Crippen LogP contribution in [0.15, 0.2) is 42.7 Å². The van der Waals surface area contributed by atoms with Crippen molar-refractivity contribution >= 4 is 0 Å². The smallest absolute Gasteiger partial charge is 0.420 e. The highest BCUT2D eigenvalue weighted by Gasteiger charge is 2.37. The maximum Gasteiger partial charge on any atom is 0.420 e. The summed E-state index contributed by atoms with van der Waals surface area (Å²) in [4.78, 5) is 3.78. The highest BCUT2D eigenvalue weighted by atomic mass is 19.4. The molecule has 0 unspecified atom stereocenters. The molecule has 0 fully saturated rings. The van der Waals surface area contributed by atoms with Crippen molar-refractivity contribution in [2.45, 2.75) is 6.18 Å². The first-order valence-electron chi connectivity index (χ1n) is 5.18. The van der Waals surface area contributed by atoms with E-state index >= 15 is 0 Å². The molecule has 0 radical (unpaired) electrons. The van der Waals surface area contributed by atoms with E-state index in [9.17, 15) is 13.2 Å². The lowest BCUT2D eigenvalue weighted by Gasteiger charge is -2.15. The van der Waals surface area contributed by atoms with E-state index in [-0.39, 0.29) is 11.3 Å². The summed E-state index contributed by atoms with van der Waals surface area (Å²) in [6.45, 7) is 0. The van der Waals surface area contributed by atoms with Crippen LogP contribution in [0.5, 0.6) is 5.75 Å². The highest BCUT2D eigenvalue weighted by molar-refractivity contribution is 5.69. The first-order chi connectivity index (χ1) is 8.54. The van der Waals surface area contributed by atoms with Crippen LogP contribution in [0, 0.1) is 0 Å². The van der Waals surface area contributed by atoms with Crippen LogP contribution in [0.2, 0.25) is 0 Å². The normalized spacial score (nSPS) is 11.3. The Labute approximate surface area is 102 Å². The molecule has 0 amide bonds. The van der Waals surface area contributed by atoms with Crippen molar-refractivity contribution < 1.29 is 17.9 Å². The standard InChI is InChI=1S/C13H10F3NO/c1-18-11-8-17-7-10(12(11)13(14,15)16)9-5-3-2-4-6-9/h2-8H,1H3. The summed E-state index contributed by atoms with van der Waals surface area (Å²) >= 11 is 0. The molecular formula is C13H10F3NO. The van der Waals surface area contributed by atoms with Crippen molar-refractivity contribution in [2.75, 3.05) is 7.11 Å². The fourth-order valence-electron chi connectivity index (χ4n) is 1.73. The highest BCUT2D eigenvalue weighted by Crippen LogP contribution is 2.41. The molecule has 18 heavy (non-hydrogen) atoms. The van der Waals surface area contributed by atoms with E-state index in [1.807, 2.05) is 0 Å². The molecule has 1 heterocycles. The van der Waals surface area contributed by atoms with Gasteiger partial charge in [-0.1, -0.05) is 30.3 Å². The summed E-state index contributed by atoms with van der Waals surface area (Å²) in [5.41, 5.74) is -0.329.